The van der Waals surface area contributed by atoms with E-state index in [1.807, 2.05) is 0 Å². The molecule has 31 heavy (non-hydrogen) atoms. The molecule has 0 spiro atoms. The highest BCUT2D eigenvalue weighted by Gasteiger charge is 2.15. The van der Waals surface area contributed by atoms with Gasteiger partial charge in [-0.1, -0.05) is 29.8 Å². The van der Waals surface area contributed by atoms with Crippen molar-refractivity contribution in [1.82, 2.24) is 9.71 Å². The summed E-state index contributed by atoms with van der Waals surface area (Å²) in [5, 5.41) is 3.35. The maximum atomic E-state index is 12.0. The van der Waals surface area contributed by atoms with Crippen LogP contribution in [0.5, 0.6) is 0 Å². The number of nitrogens with one attached hydrogen (secondary N) is 2. The summed E-state index contributed by atoms with van der Waals surface area (Å²) >= 11 is 0. The van der Waals surface area contributed by atoms with E-state index in [4.69, 9.17) is 4.98 Å². The zero-order chi connectivity index (χ0) is 21.8. The lowest BCUT2D eigenvalue weighted by atomic mass is 10.1. The Hall–Kier alpha value is -2.90. The van der Waals surface area contributed by atoms with Crippen LogP contribution < -0.4 is 14.9 Å². The molecule has 0 aliphatic carbocycles. The Morgan fingerprint density at radius 3 is 2.23 bits per heavy atom. The van der Waals surface area contributed by atoms with Crippen LogP contribution in [0.25, 0.3) is 11.3 Å². The minimum atomic E-state index is -3.46. The fraction of sp³-hybridized carbons (Fsp3) is 0.292. The summed E-state index contributed by atoms with van der Waals surface area (Å²) < 4.78 is 26.3. The molecule has 1 fully saturated rings. The molecular weight excluding hydrogens is 408 g/mol. The molecule has 0 amide bonds. The van der Waals surface area contributed by atoms with Crippen LogP contribution in [0.3, 0.4) is 0 Å². The lowest BCUT2D eigenvalue weighted by molar-refractivity contribution is 0.578. The van der Waals surface area contributed by atoms with E-state index in [1.54, 1.807) is 24.3 Å². The first-order valence-corrected chi connectivity index (χ1v) is 12.1. The average Bonchev–Trinajstić information content (AvgIpc) is 2.80. The summed E-state index contributed by atoms with van der Waals surface area (Å²) in [6.45, 7) is 4.17. The van der Waals surface area contributed by atoms with Crippen LogP contribution in [0, 0.1) is 6.92 Å². The Labute approximate surface area is 184 Å². The summed E-state index contributed by atoms with van der Waals surface area (Å²) in [7, 11) is -2.05. The molecule has 0 unspecified atom stereocenters. The maximum Gasteiger partial charge on any atom is 0.240 e. The van der Waals surface area contributed by atoms with E-state index in [1.165, 1.54) is 31.9 Å². The predicted octanol–water partition coefficient (Wildman–Crippen LogP) is 4.70. The van der Waals surface area contributed by atoms with Crippen LogP contribution in [0.1, 0.15) is 24.8 Å². The molecule has 2 heterocycles. The predicted molar refractivity (Wildman–Crippen MR) is 126 cm³/mol. The van der Waals surface area contributed by atoms with Gasteiger partial charge in [0.2, 0.25) is 10.0 Å². The zero-order valence-electron chi connectivity index (χ0n) is 17.9. The van der Waals surface area contributed by atoms with Gasteiger partial charge in [-0.05, 0) is 63.6 Å². The fourth-order valence-electron chi connectivity index (χ4n) is 3.77. The zero-order valence-corrected chi connectivity index (χ0v) is 18.7. The number of sulfonamides is 1. The molecule has 0 radical (unpaired) electrons. The third kappa shape index (κ3) is 5.06. The number of hydrogen-bond acceptors (Lipinski definition) is 5. The largest absolute Gasteiger partial charge is 0.371 e. The SMILES string of the molecule is CNS(=O)(=O)c1ccc(Nc2cc(N3CCCCC3)cc(-c3ccc(C)cc3)n2)cc1. The van der Waals surface area contributed by atoms with Crippen LogP contribution in [0.4, 0.5) is 17.2 Å². The lowest BCUT2D eigenvalue weighted by Crippen LogP contribution is -2.29. The van der Waals surface area contributed by atoms with Crippen LogP contribution in [-0.2, 0) is 10.0 Å². The maximum absolute atomic E-state index is 12.0. The van der Waals surface area contributed by atoms with Crippen molar-refractivity contribution in [2.24, 2.45) is 0 Å². The molecule has 2 N–H and O–H groups in total. The van der Waals surface area contributed by atoms with Crippen LogP contribution in [0.15, 0.2) is 65.6 Å². The Balaban J connectivity index is 1.67. The summed E-state index contributed by atoms with van der Waals surface area (Å²) in [6.07, 6.45) is 3.68. The van der Waals surface area contributed by atoms with Crippen LogP contribution >= 0.6 is 0 Å². The molecule has 3 aromatic rings. The molecule has 0 bridgehead atoms. The number of rotatable bonds is 6. The van der Waals surface area contributed by atoms with Gasteiger partial charge < -0.3 is 10.2 Å². The Morgan fingerprint density at radius 1 is 0.903 bits per heavy atom. The van der Waals surface area contributed by atoms with Crippen LogP contribution in [0.2, 0.25) is 0 Å². The quantitative estimate of drug-likeness (QED) is 0.586. The Kier molecular flexibility index (Phi) is 6.25. The van der Waals surface area contributed by atoms with Crippen molar-refractivity contribution in [2.75, 3.05) is 30.4 Å². The van der Waals surface area contributed by atoms with E-state index in [0.29, 0.717) is 0 Å². The number of pyridine rings is 1. The van der Waals surface area contributed by atoms with Gasteiger partial charge in [0.05, 0.1) is 10.6 Å². The van der Waals surface area contributed by atoms with E-state index in [2.05, 4.69) is 58.3 Å². The highest BCUT2D eigenvalue weighted by molar-refractivity contribution is 7.89. The van der Waals surface area contributed by atoms with E-state index < -0.39 is 10.0 Å². The molecule has 0 atom stereocenters. The fourth-order valence-corrected chi connectivity index (χ4v) is 4.50. The van der Waals surface area contributed by atoms with Crippen molar-refractivity contribution < 1.29 is 8.42 Å². The summed E-state index contributed by atoms with van der Waals surface area (Å²) in [5.74, 6) is 0.739. The van der Waals surface area contributed by atoms with E-state index >= 15 is 0 Å². The Bertz CT molecular complexity index is 1140. The number of anilines is 3. The summed E-state index contributed by atoms with van der Waals surface area (Å²) in [6, 6.07) is 19.3. The van der Waals surface area contributed by atoms with Gasteiger partial charge in [0.25, 0.3) is 0 Å². The van der Waals surface area contributed by atoms with Gasteiger partial charge >= 0.3 is 0 Å². The third-order valence-corrected chi connectivity index (χ3v) is 7.01. The second-order valence-electron chi connectivity index (χ2n) is 7.87. The highest BCUT2D eigenvalue weighted by Crippen LogP contribution is 2.30. The van der Waals surface area contributed by atoms with E-state index in [0.717, 1.165) is 41.5 Å². The number of piperidine rings is 1. The first-order chi connectivity index (χ1) is 14.9. The lowest BCUT2D eigenvalue weighted by Gasteiger charge is -2.29. The van der Waals surface area contributed by atoms with Crippen molar-refractivity contribution in [3.05, 3.63) is 66.2 Å². The van der Waals surface area contributed by atoms with Crippen molar-refractivity contribution in [3.63, 3.8) is 0 Å². The molecule has 1 aliphatic heterocycles. The minimum absolute atomic E-state index is 0.232. The second kappa shape index (κ2) is 9.08. The third-order valence-electron chi connectivity index (χ3n) is 5.58. The van der Waals surface area contributed by atoms with Crippen molar-refractivity contribution in [2.45, 2.75) is 31.1 Å². The van der Waals surface area contributed by atoms with Gasteiger partial charge in [-0.15, -0.1) is 0 Å². The van der Waals surface area contributed by atoms with Gasteiger partial charge in [0.1, 0.15) is 5.82 Å². The smallest absolute Gasteiger partial charge is 0.240 e. The van der Waals surface area contributed by atoms with E-state index in [9.17, 15) is 8.42 Å². The summed E-state index contributed by atoms with van der Waals surface area (Å²) in [5.41, 5.74) is 5.14. The monoisotopic (exact) mass is 436 g/mol. The minimum Gasteiger partial charge on any atom is -0.371 e. The number of aryl methyl sites for hydroxylation is 1. The average molecular weight is 437 g/mol. The summed E-state index contributed by atoms with van der Waals surface area (Å²) in [4.78, 5) is 7.49. The van der Waals surface area contributed by atoms with Gasteiger partial charge in [-0.2, -0.15) is 0 Å². The highest BCUT2D eigenvalue weighted by atomic mass is 32.2. The molecule has 4 rings (SSSR count). The first kappa shape index (κ1) is 21.3. The molecule has 1 aliphatic rings. The molecular formula is C24H28N4O2S. The molecule has 162 valence electrons. The molecule has 6 nitrogen and oxygen atoms in total. The van der Waals surface area contributed by atoms with Crippen LogP contribution in [-0.4, -0.2) is 33.5 Å². The van der Waals surface area contributed by atoms with E-state index in [-0.39, 0.29) is 4.90 Å². The van der Waals surface area contributed by atoms with Gasteiger partial charge in [-0.3, -0.25) is 0 Å². The molecule has 7 heteroatoms. The second-order valence-corrected chi connectivity index (χ2v) is 9.75. The normalized spacial score (nSPS) is 14.5. The molecule has 1 saturated heterocycles. The van der Waals surface area contributed by atoms with Gasteiger partial charge in [0, 0.05) is 36.1 Å². The standard InChI is InChI=1S/C24H28N4O2S/c1-18-6-8-19(9-7-18)23-16-21(28-14-4-3-5-15-28)17-24(27-23)26-20-10-12-22(13-11-20)31(29,30)25-2/h6-13,16-17,25H,3-5,14-15H2,1-2H3,(H,26,27). The Morgan fingerprint density at radius 2 is 1.58 bits per heavy atom. The van der Waals surface area contributed by atoms with Crippen molar-refractivity contribution in [1.29, 1.82) is 0 Å². The topological polar surface area (TPSA) is 74.3 Å². The number of aromatic nitrogens is 1. The molecule has 0 saturated carbocycles. The van der Waals surface area contributed by atoms with Crippen molar-refractivity contribution >= 4 is 27.2 Å². The molecule has 1 aromatic heterocycles. The van der Waals surface area contributed by atoms with Gasteiger partial charge in [-0.25, -0.2) is 18.1 Å². The molecule has 2 aromatic carbocycles. The number of benzene rings is 2. The van der Waals surface area contributed by atoms with Crippen molar-refractivity contribution in [3.8, 4) is 11.3 Å². The van der Waals surface area contributed by atoms with Gasteiger partial charge in [0.15, 0.2) is 0 Å². The number of hydrogen-bond donors (Lipinski definition) is 2. The number of nitrogens with zero attached hydrogens (tertiary/aromatic N) is 2. The first-order valence-electron chi connectivity index (χ1n) is 10.6.